The van der Waals surface area contributed by atoms with Crippen LogP contribution in [-0.2, 0) is 121 Å². The topological polar surface area (TPSA) is 528 Å². The molecular formula is C90H135N13O29. The average molecular weight is 1860 g/mol. The average Bonchev–Trinajstić information content (AvgIpc) is 1.63. The number of rotatable bonds is 33. The van der Waals surface area contributed by atoms with Crippen molar-refractivity contribution in [1.29, 1.82) is 0 Å². The molecular weight excluding hydrogens is 1730 g/mol. The second-order valence-electron chi connectivity index (χ2n) is 35.2. The summed E-state index contributed by atoms with van der Waals surface area (Å²) in [6, 6.07) is 8.04. The molecule has 8 N–H and O–H groups in total. The van der Waals surface area contributed by atoms with Gasteiger partial charge in [0.15, 0.2) is 0 Å². The van der Waals surface area contributed by atoms with Crippen LogP contribution in [-0.4, -0.2) is 362 Å². The summed E-state index contributed by atoms with van der Waals surface area (Å²) in [7, 11) is 0. The van der Waals surface area contributed by atoms with E-state index in [1.165, 1.54) is 27.7 Å². The molecule has 4 aliphatic carbocycles. The maximum Gasteiger partial charge on any atom is 0.533 e. The summed E-state index contributed by atoms with van der Waals surface area (Å²) in [4.78, 5) is 216. The summed E-state index contributed by atoms with van der Waals surface area (Å²) in [5.74, 6) is 9.97. The second kappa shape index (κ2) is 55.9. The largest absolute Gasteiger partial charge is 0.533 e. The Hall–Kier alpha value is -11.3. The first-order valence-electron chi connectivity index (χ1n) is 45.0. The smallest absolute Gasteiger partial charge is 0.480 e. The molecule has 42 heteroatoms. The Morgan fingerprint density at radius 1 is 0.409 bits per heavy atom. The zero-order valence-corrected chi connectivity index (χ0v) is 77.7. The van der Waals surface area contributed by atoms with Crippen LogP contribution in [0.25, 0.3) is 0 Å². The number of nitrogens with zero attached hydrogens (tertiary/aromatic N) is 9. The van der Waals surface area contributed by atoms with Gasteiger partial charge in [-0.15, -0.1) is 23.7 Å². The van der Waals surface area contributed by atoms with Gasteiger partial charge in [0.1, 0.15) is 44.2 Å². The minimum atomic E-state index is -0.978. The van der Waals surface area contributed by atoms with Crippen molar-refractivity contribution in [2.24, 2.45) is 47.0 Å². The summed E-state index contributed by atoms with van der Waals surface area (Å²) >= 11 is 0. The normalized spacial score (nSPS) is 22.2. The van der Waals surface area contributed by atoms with E-state index < -0.39 is 77.2 Å². The molecule has 1 aromatic rings. The summed E-state index contributed by atoms with van der Waals surface area (Å²) < 4.78 is 46.5. The highest BCUT2D eigenvalue weighted by Gasteiger charge is 2.51. The van der Waals surface area contributed by atoms with Crippen molar-refractivity contribution in [3.63, 3.8) is 0 Å². The molecule has 9 aliphatic rings. The van der Waals surface area contributed by atoms with E-state index in [9.17, 15) is 81.5 Å². The van der Waals surface area contributed by atoms with Gasteiger partial charge in [0.05, 0.1) is 63.6 Å². The number of ether oxygens (including phenoxy) is 9. The maximum absolute atomic E-state index is 12.7. The van der Waals surface area contributed by atoms with Crippen molar-refractivity contribution in [3.8, 4) is 23.7 Å². The zero-order valence-electron chi connectivity index (χ0n) is 77.7. The minimum Gasteiger partial charge on any atom is -0.480 e. The van der Waals surface area contributed by atoms with E-state index in [1.807, 2.05) is 60.9 Å². The predicted octanol–water partition coefficient (Wildman–Crippen LogP) is 2.31. The first-order valence-corrected chi connectivity index (χ1v) is 45.0. The van der Waals surface area contributed by atoms with Crippen LogP contribution in [0.1, 0.15) is 165 Å². The van der Waals surface area contributed by atoms with Gasteiger partial charge >= 0.3 is 66.1 Å². The molecule has 42 nitrogen and oxygen atoms in total. The van der Waals surface area contributed by atoms with Crippen LogP contribution in [0.2, 0.25) is 0 Å². The molecule has 734 valence electrons. The Balaban J connectivity index is 0.000000258. The number of carbonyl (C=O) groups excluding carboxylic acids is 15. The van der Waals surface area contributed by atoms with Crippen LogP contribution in [0, 0.1) is 59.2 Å². The monoisotopic (exact) mass is 1860 g/mol. The van der Waals surface area contributed by atoms with Crippen LogP contribution in [0.5, 0.6) is 0 Å². The van der Waals surface area contributed by atoms with Crippen LogP contribution in [0.4, 0.5) is 14.4 Å². The predicted molar refractivity (Wildman–Crippen MR) is 469 cm³/mol. The van der Waals surface area contributed by atoms with Crippen molar-refractivity contribution in [3.05, 3.63) is 35.9 Å². The van der Waals surface area contributed by atoms with Crippen molar-refractivity contribution in [2.75, 3.05) is 171 Å². The summed E-state index contributed by atoms with van der Waals surface area (Å²) in [5.41, 5.74) is 10.5. The van der Waals surface area contributed by atoms with E-state index in [1.54, 1.807) is 50.2 Å². The molecule has 10 atom stereocenters. The first-order chi connectivity index (χ1) is 62.6. The number of fused-ring (bicyclic) bond motifs is 2. The zero-order chi connectivity index (χ0) is 97.2. The van der Waals surface area contributed by atoms with Gasteiger partial charge in [-0.1, -0.05) is 35.4 Å². The lowest BCUT2D eigenvalue weighted by Gasteiger charge is -2.40. The highest BCUT2D eigenvalue weighted by molar-refractivity contribution is 6.01. The standard InChI is InChI=1S/C24H35N3O7.C23H33N3O7.C16H29N3O5.C15H17NO5.C12H21N3O5/c1-18(28)32-17-20-14-27(13-12-26(20)15-22(30)34-24(2,3)4)21(29)10-11-25-23(31)33-16-19-8-6-5-7-9-19;1-16(27)32-14-17-12-26(11-10-25(17)13-22(29)30)21(28)8-9-24-23(31)33-15-20-18-6-4-2-3-5-7-19(18)20;1-12(20)23-11-13-9-19(14(21)5-6-17)8-7-18(13)10-15(22)24-16(2,3)4;17-13-7-8-14(18)16(13)21-15(19)20-9-12-10-5-3-1-2-4-6-11(10)12;1-9(16)20-8-10-6-15(11(17)2-3-13)5-4-14(10)7-12(18)19/h5-9,20H,10-17H2,1-4H3,(H,25,31);17-20H,4-15H2,1H3,(H,24,31)(H,29,30);13H,5-11,17H2,1-4H3;10-12H,3-9H2;10H,2-8,13H2,1H3,(H,18,19)/t;17?,18-,19+,20?;;10-,11+,12?;. The van der Waals surface area contributed by atoms with Gasteiger partial charge < -0.3 is 94.5 Å². The first kappa shape index (κ1) is 109. The summed E-state index contributed by atoms with van der Waals surface area (Å²) in [6.07, 6.45) is 6.70. The molecule has 5 saturated heterocycles. The van der Waals surface area contributed by atoms with Gasteiger partial charge in [0.25, 0.3) is 11.8 Å². The fourth-order valence-corrected chi connectivity index (χ4v) is 16.1. The third-order valence-corrected chi connectivity index (χ3v) is 22.7. The molecule has 0 radical (unpaired) electrons. The van der Waals surface area contributed by atoms with E-state index in [0.717, 1.165) is 56.9 Å². The number of imide groups is 1. The number of hydrogen-bond acceptors (Lipinski definition) is 33. The van der Waals surface area contributed by atoms with Crippen molar-refractivity contribution in [2.45, 2.75) is 201 Å². The van der Waals surface area contributed by atoms with Crippen LogP contribution in [0.3, 0.4) is 0 Å². The van der Waals surface area contributed by atoms with E-state index in [2.05, 4.69) is 39.2 Å². The van der Waals surface area contributed by atoms with E-state index >= 15 is 0 Å². The number of nitrogens with one attached hydrogen (secondary N) is 2. The number of hydroxylamine groups is 2. The molecule has 10 rings (SSSR count). The number of benzene rings is 1. The molecule has 0 bridgehead atoms. The fourth-order valence-electron chi connectivity index (χ4n) is 16.1. The molecule has 5 aliphatic heterocycles. The number of amides is 8. The van der Waals surface area contributed by atoms with E-state index in [4.69, 9.17) is 64.3 Å². The molecule has 5 heterocycles. The highest BCUT2D eigenvalue weighted by atomic mass is 16.8. The quantitative estimate of drug-likeness (QED) is 0.0254. The van der Waals surface area contributed by atoms with Gasteiger partial charge in [0.2, 0.25) is 23.6 Å². The number of piperazine rings is 4. The third-order valence-electron chi connectivity index (χ3n) is 22.7. The second-order valence-corrected chi connectivity index (χ2v) is 35.2. The Kier molecular flexibility index (Phi) is 46.3. The van der Waals surface area contributed by atoms with Crippen molar-refractivity contribution >= 4 is 102 Å². The summed E-state index contributed by atoms with van der Waals surface area (Å²) in [6.45, 7) is 22.7. The Morgan fingerprint density at radius 3 is 1.03 bits per heavy atom. The molecule has 6 unspecified atom stereocenters. The number of carboxylic acids is 2. The maximum atomic E-state index is 12.7. The Labute approximate surface area is 770 Å². The van der Waals surface area contributed by atoms with Crippen LogP contribution in [0.15, 0.2) is 30.3 Å². The molecule has 1 aromatic carbocycles. The molecule has 8 amide bonds. The van der Waals surface area contributed by atoms with Gasteiger partial charge in [-0.3, -0.25) is 91.6 Å². The number of carboxylic acid groups (broad SMARTS) is 2. The van der Waals surface area contributed by atoms with Gasteiger partial charge in [-0.2, -0.15) is 0 Å². The van der Waals surface area contributed by atoms with Gasteiger partial charge in [-0.05, 0) is 108 Å². The lowest BCUT2D eigenvalue weighted by molar-refractivity contribution is -0.177. The number of nitrogens with two attached hydrogens (primary N) is 2. The summed E-state index contributed by atoms with van der Waals surface area (Å²) in [5, 5.41) is 23.7. The van der Waals surface area contributed by atoms with Crippen LogP contribution < -0.4 is 22.1 Å². The van der Waals surface area contributed by atoms with Gasteiger partial charge in [0, 0.05) is 197 Å². The number of carbonyl (C=O) groups is 17. The Bertz CT molecular complexity index is 4150. The number of hydrogen-bond donors (Lipinski definition) is 6. The lowest BCUT2D eigenvalue weighted by Crippen LogP contribution is -2.58. The minimum absolute atomic E-state index is 0.0201. The molecule has 132 heavy (non-hydrogen) atoms. The van der Waals surface area contributed by atoms with E-state index in [0.29, 0.717) is 126 Å². The fraction of sp³-hybridized carbons (Fsp3) is 0.700. The molecule has 2 saturated carbocycles. The molecule has 0 spiro atoms. The molecule has 0 aromatic heterocycles. The van der Waals surface area contributed by atoms with Gasteiger partial charge in [-0.25, -0.2) is 14.4 Å². The lowest BCUT2D eigenvalue weighted by atomic mass is 10.1. The highest BCUT2D eigenvalue weighted by Crippen LogP contribution is 2.53. The van der Waals surface area contributed by atoms with Crippen molar-refractivity contribution in [1.82, 2.24) is 54.9 Å². The number of aliphatic carboxylic acids is 2. The molecule has 7 fully saturated rings. The number of esters is 6. The number of alkyl carbamates (subject to hydrolysis) is 2. The van der Waals surface area contributed by atoms with Crippen LogP contribution >= 0.6 is 0 Å². The third kappa shape index (κ3) is 41.6. The SMILES string of the molecule is CC(=O)OCC1CN(C(=O)CCN)CCN1CC(=O)O.CC(=O)OCC1CN(C(=O)CCN)CCN1CC(=O)OC(C)(C)C.CC(=O)OCC1CN(C(=O)CCNC(=O)OCC2[C@H]3CCC#CCC[C@@H]23)CCN1CC(=O)O.CC(=O)OCC1CN(C(=O)CCNC(=O)OCc2ccccc2)CCN1CC(=O)OC(C)(C)C.O=C(OCC1[C@H]2CCC#CCC[C@@H]12)ON1C(=O)CCC1=O. The van der Waals surface area contributed by atoms with Crippen molar-refractivity contribution < 1.29 is 139 Å². The van der Waals surface area contributed by atoms with E-state index in [-0.39, 0.29) is 190 Å². The Morgan fingerprint density at radius 2 is 0.720 bits per heavy atom.